The second kappa shape index (κ2) is 10.2. The maximum atomic E-state index is 13.7. The van der Waals surface area contributed by atoms with Gasteiger partial charge in [0.15, 0.2) is 0 Å². The molecule has 2 fully saturated rings. The van der Waals surface area contributed by atoms with Gasteiger partial charge in [0.2, 0.25) is 0 Å². The highest BCUT2D eigenvalue weighted by molar-refractivity contribution is 5.04. The average molecular weight is 463 g/mol. The Kier molecular flexibility index (Phi) is 8.75. The van der Waals surface area contributed by atoms with Crippen LogP contribution < -0.4 is 0 Å². The molecule has 31 heavy (non-hydrogen) atoms. The lowest BCUT2D eigenvalue weighted by molar-refractivity contribution is -0.397. The molecule has 0 saturated heterocycles. The van der Waals surface area contributed by atoms with Gasteiger partial charge in [-0.3, -0.25) is 0 Å². The summed E-state index contributed by atoms with van der Waals surface area (Å²) in [6.07, 6.45) is -9.58. The highest BCUT2D eigenvalue weighted by atomic mass is 19.4. The van der Waals surface area contributed by atoms with Crippen molar-refractivity contribution < 1.29 is 40.6 Å². The fourth-order valence-electron chi connectivity index (χ4n) is 5.50. The molecule has 0 amide bonds. The van der Waals surface area contributed by atoms with E-state index in [-0.39, 0.29) is 23.9 Å². The van der Waals surface area contributed by atoms with Crippen LogP contribution in [0.1, 0.15) is 59.8 Å². The topological polar surface area (TPSA) is 27.7 Å². The Hall–Kier alpha value is -0.540. The molecule has 0 aromatic carbocycles. The van der Waals surface area contributed by atoms with Crippen LogP contribution in [0.25, 0.3) is 0 Å². The molecule has 0 aliphatic heterocycles. The number of rotatable bonds is 11. The fourth-order valence-corrected chi connectivity index (χ4v) is 5.50. The molecule has 3 nitrogen and oxygen atoms in total. The van der Waals surface area contributed by atoms with Gasteiger partial charge in [-0.25, -0.2) is 0 Å². The molecule has 0 spiro atoms. The summed E-state index contributed by atoms with van der Waals surface area (Å²) in [6.45, 7) is 7.65. The number of alkyl halides is 6. The molecule has 0 N–H and O–H groups in total. The van der Waals surface area contributed by atoms with E-state index in [1.807, 2.05) is 0 Å². The first-order valence-corrected chi connectivity index (χ1v) is 11.1. The van der Waals surface area contributed by atoms with Gasteiger partial charge in [-0.15, -0.1) is 0 Å². The first kappa shape index (κ1) is 26.7. The molecule has 184 valence electrons. The highest BCUT2D eigenvalue weighted by Crippen LogP contribution is 2.59. The van der Waals surface area contributed by atoms with E-state index in [4.69, 9.17) is 4.74 Å². The number of fused-ring (bicyclic) bond motifs is 2. The first-order chi connectivity index (χ1) is 14.2. The molecule has 0 radical (unpaired) electrons. The van der Waals surface area contributed by atoms with Crippen LogP contribution in [0.2, 0.25) is 0 Å². The van der Waals surface area contributed by atoms with Crippen LogP contribution in [-0.4, -0.2) is 44.6 Å². The fraction of sp³-hybridized carbons (Fsp3) is 1.00. The number of ether oxygens (including phenoxy) is 3. The summed E-state index contributed by atoms with van der Waals surface area (Å²) in [4.78, 5) is 0. The van der Waals surface area contributed by atoms with Crippen LogP contribution in [-0.2, 0) is 14.2 Å². The van der Waals surface area contributed by atoms with Crippen LogP contribution in [0.5, 0.6) is 0 Å². The summed E-state index contributed by atoms with van der Waals surface area (Å²) in [5, 5.41) is 0. The minimum atomic E-state index is -5.59. The Morgan fingerprint density at radius 2 is 1.55 bits per heavy atom. The van der Waals surface area contributed by atoms with Crippen molar-refractivity contribution in [3.63, 3.8) is 0 Å². The lowest BCUT2D eigenvalue weighted by atomic mass is 9.79. The van der Waals surface area contributed by atoms with Gasteiger partial charge in [0.05, 0.1) is 12.7 Å². The third-order valence-electron chi connectivity index (χ3n) is 7.08. The zero-order valence-corrected chi connectivity index (χ0v) is 19.0. The molecular formula is C22H36F6O3. The van der Waals surface area contributed by atoms with E-state index in [1.165, 1.54) is 0 Å². The zero-order valence-electron chi connectivity index (χ0n) is 19.0. The predicted octanol–water partition coefficient (Wildman–Crippen LogP) is 6.61. The van der Waals surface area contributed by atoms with Crippen LogP contribution in [0.3, 0.4) is 0 Å². The van der Waals surface area contributed by atoms with E-state index >= 15 is 0 Å². The maximum Gasteiger partial charge on any atom is 0.426 e. The third kappa shape index (κ3) is 5.88. The quantitative estimate of drug-likeness (QED) is 0.255. The van der Waals surface area contributed by atoms with Crippen molar-refractivity contribution >= 4 is 0 Å². The van der Waals surface area contributed by atoms with Gasteiger partial charge < -0.3 is 14.2 Å². The molecule has 0 aromatic heterocycles. The normalized spacial score (nSPS) is 28.2. The zero-order chi connectivity index (χ0) is 23.6. The summed E-state index contributed by atoms with van der Waals surface area (Å²) in [7, 11) is 1.00. The minimum absolute atomic E-state index is 0.00000438. The van der Waals surface area contributed by atoms with Gasteiger partial charge in [0.25, 0.3) is 5.60 Å². The van der Waals surface area contributed by atoms with Gasteiger partial charge in [0, 0.05) is 7.11 Å². The second-order valence-corrected chi connectivity index (χ2v) is 9.98. The Labute approximate surface area is 181 Å². The summed E-state index contributed by atoms with van der Waals surface area (Å²) >= 11 is 0. The van der Waals surface area contributed by atoms with Crippen LogP contribution in [0, 0.1) is 35.5 Å². The van der Waals surface area contributed by atoms with Crippen LogP contribution in [0.4, 0.5) is 26.3 Å². The number of methoxy groups -OCH3 is 1. The number of hydrogen-bond donors (Lipinski definition) is 0. The summed E-state index contributed by atoms with van der Waals surface area (Å²) in [5.41, 5.74) is -4.21. The molecule has 2 aliphatic carbocycles. The van der Waals surface area contributed by atoms with Gasteiger partial charge >= 0.3 is 12.4 Å². The first-order valence-electron chi connectivity index (χ1n) is 11.1. The van der Waals surface area contributed by atoms with Gasteiger partial charge in [0.1, 0.15) is 6.79 Å². The van der Waals surface area contributed by atoms with E-state index in [1.54, 1.807) is 0 Å². The minimum Gasteiger partial charge on any atom is -0.378 e. The lowest BCUT2D eigenvalue weighted by Crippen LogP contribution is -2.60. The van der Waals surface area contributed by atoms with Crippen LogP contribution >= 0.6 is 0 Å². The highest BCUT2D eigenvalue weighted by Gasteiger charge is 2.73. The molecule has 9 heteroatoms. The van der Waals surface area contributed by atoms with E-state index in [0.717, 1.165) is 20.0 Å². The van der Waals surface area contributed by atoms with E-state index < -0.39 is 37.1 Å². The Bertz CT molecular complexity index is 546. The monoisotopic (exact) mass is 462 g/mol. The lowest BCUT2D eigenvalue weighted by Gasteiger charge is -2.40. The Balaban J connectivity index is 2.15. The molecule has 5 atom stereocenters. The third-order valence-corrected chi connectivity index (χ3v) is 7.08. The second-order valence-electron chi connectivity index (χ2n) is 9.98. The molecule has 2 rings (SSSR count). The Morgan fingerprint density at radius 3 is 2.03 bits per heavy atom. The molecule has 2 bridgehead atoms. The molecule has 2 aliphatic rings. The van der Waals surface area contributed by atoms with E-state index in [2.05, 4.69) is 37.2 Å². The van der Waals surface area contributed by atoms with Crippen molar-refractivity contribution in [3.8, 4) is 0 Å². The maximum absolute atomic E-state index is 13.7. The SMILES string of the molecule is COCOC(CC1CC2CCC1C2COC(CC(C)C)C(C)C)(C(F)(F)F)C(F)(F)F. The van der Waals surface area contributed by atoms with Crippen molar-refractivity contribution in [2.75, 3.05) is 20.5 Å². The summed E-state index contributed by atoms with van der Waals surface area (Å²) < 4.78 is 97.3. The van der Waals surface area contributed by atoms with Crippen LogP contribution in [0.15, 0.2) is 0 Å². The van der Waals surface area contributed by atoms with Gasteiger partial charge in [-0.05, 0) is 67.6 Å². The standard InChI is InChI=1S/C22H36F6O3/c1-13(2)8-19(14(3)4)30-11-18-15-6-7-17(18)16(9-15)10-20(21(23,24)25,22(26,27)28)31-12-29-5/h13-19H,6-12H2,1-5H3. The van der Waals surface area contributed by atoms with Crippen molar-refractivity contribution in [1.29, 1.82) is 0 Å². The molecule has 2 saturated carbocycles. The van der Waals surface area contributed by atoms with Crippen molar-refractivity contribution in [2.24, 2.45) is 35.5 Å². The van der Waals surface area contributed by atoms with Crippen molar-refractivity contribution in [3.05, 3.63) is 0 Å². The van der Waals surface area contributed by atoms with Crippen molar-refractivity contribution in [1.82, 2.24) is 0 Å². The molecule has 0 aromatic rings. The summed E-state index contributed by atoms with van der Waals surface area (Å²) in [6, 6.07) is 0. The smallest absolute Gasteiger partial charge is 0.378 e. The van der Waals surface area contributed by atoms with E-state index in [9.17, 15) is 26.3 Å². The number of hydrogen-bond acceptors (Lipinski definition) is 3. The van der Waals surface area contributed by atoms with Crippen molar-refractivity contribution in [2.45, 2.75) is 83.9 Å². The molecular weight excluding hydrogens is 426 g/mol. The number of halogens is 6. The Morgan fingerprint density at radius 1 is 0.935 bits per heavy atom. The predicted molar refractivity (Wildman–Crippen MR) is 104 cm³/mol. The van der Waals surface area contributed by atoms with E-state index in [0.29, 0.717) is 31.3 Å². The average Bonchev–Trinajstić information content (AvgIpc) is 3.16. The van der Waals surface area contributed by atoms with Gasteiger partial charge in [-0.1, -0.05) is 27.7 Å². The largest absolute Gasteiger partial charge is 0.426 e. The summed E-state index contributed by atoms with van der Waals surface area (Å²) in [5.74, 6) is -0.0917. The van der Waals surface area contributed by atoms with Gasteiger partial charge in [-0.2, -0.15) is 26.3 Å². The molecule has 5 unspecified atom stereocenters. The molecule has 0 heterocycles.